The molecule has 8 heteroatoms. The van der Waals surface area contributed by atoms with Crippen molar-refractivity contribution in [3.8, 4) is 0 Å². The third-order valence-electron chi connectivity index (χ3n) is 3.96. The van der Waals surface area contributed by atoms with Gasteiger partial charge in [-0.3, -0.25) is 4.79 Å². The molecule has 1 amide bonds. The molecule has 0 saturated heterocycles. The van der Waals surface area contributed by atoms with Gasteiger partial charge in [0.25, 0.3) is 5.91 Å². The number of aryl methyl sites for hydroxylation is 1. The Kier molecular flexibility index (Phi) is 5.56. The molecule has 3 aromatic rings. The highest BCUT2D eigenvalue weighted by atomic mass is 32.2. The van der Waals surface area contributed by atoms with Crippen molar-refractivity contribution in [3.05, 3.63) is 76.5 Å². The first kappa shape index (κ1) is 18.7. The zero-order valence-corrected chi connectivity index (χ0v) is 15.6. The molecule has 1 unspecified atom stereocenters. The summed E-state index contributed by atoms with van der Waals surface area (Å²) in [4.78, 5) is 25.0. The van der Waals surface area contributed by atoms with Crippen molar-refractivity contribution in [2.45, 2.75) is 29.7 Å². The second kappa shape index (κ2) is 8.05. The summed E-state index contributed by atoms with van der Waals surface area (Å²) in [6.45, 7) is 3.34. The zero-order valence-electron chi connectivity index (χ0n) is 14.8. The molecule has 0 spiro atoms. The Morgan fingerprint density at radius 3 is 2.52 bits per heavy atom. The number of hydrogen-bond donors (Lipinski definition) is 1. The molecule has 1 N–H and O–H groups in total. The minimum atomic E-state index is -0.687. The standard InChI is InChI=1S/C19H18N4O3S/c1-13-12-18(23(25)26)21-22(13)14(2)19(24)20-16-10-6-7-11-17(16)27-15-8-4-3-5-9-15/h3-12,14H,1-2H3,(H,20,24). The number of nitro groups is 1. The van der Waals surface area contributed by atoms with Crippen LogP contribution in [0.3, 0.4) is 0 Å². The van der Waals surface area contributed by atoms with Crippen LogP contribution in [0, 0.1) is 17.0 Å². The quantitative estimate of drug-likeness (QED) is 0.502. The monoisotopic (exact) mass is 382 g/mol. The van der Waals surface area contributed by atoms with Crippen molar-refractivity contribution < 1.29 is 9.72 Å². The second-order valence-corrected chi connectivity index (χ2v) is 7.04. The molecular formula is C19H18N4O3S. The molecule has 0 fully saturated rings. The van der Waals surface area contributed by atoms with Gasteiger partial charge >= 0.3 is 5.82 Å². The van der Waals surface area contributed by atoms with Crippen molar-refractivity contribution in [3.63, 3.8) is 0 Å². The number of hydrogen-bond acceptors (Lipinski definition) is 5. The number of aromatic nitrogens is 2. The van der Waals surface area contributed by atoms with Crippen LogP contribution in [0.2, 0.25) is 0 Å². The van der Waals surface area contributed by atoms with Gasteiger partial charge in [-0.25, -0.2) is 0 Å². The molecule has 0 aliphatic carbocycles. The first-order valence-corrected chi connectivity index (χ1v) is 9.10. The molecule has 0 saturated carbocycles. The van der Waals surface area contributed by atoms with Crippen LogP contribution in [-0.4, -0.2) is 20.6 Å². The molecule has 2 aromatic carbocycles. The molecule has 0 aliphatic rings. The van der Waals surface area contributed by atoms with Crippen LogP contribution < -0.4 is 5.32 Å². The molecule has 1 atom stereocenters. The lowest BCUT2D eigenvalue weighted by atomic mass is 10.2. The third kappa shape index (κ3) is 4.35. The fourth-order valence-electron chi connectivity index (χ4n) is 2.58. The fraction of sp³-hybridized carbons (Fsp3) is 0.158. The molecule has 3 rings (SSSR count). The number of carbonyl (C=O) groups is 1. The van der Waals surface area contributed by atoms with E-state index in [2.05, 4.69) is 10.4 Å². The van der Waals surface area contributed by atoms with E-state index in [0.29, 0.717) is 11.4 Å². The zero-order chi connectivity index (χ0) is 19.4. The number of nitrogens with one attached hydrogen (secondary N) is 1. The van der Waals surface area contributed by atoms with Crippen molar-refractivity contribution >= 4 is 29.2 Å². The number of amides is 1. The Bertz CT molecular complexity index is 972. The van der Waals surface area contributed by atoms with Gasteiger partial charge in [-0.15, -0.1) is 0 Å². The number of para-hydroxylation sites is 1. The highest BCUT2D eigenvalue weighted by molar-refractivity contribution is 7.99. The van der Waals surface area contributed by atoms with E-state index in [-0.39, 0.29) is 11.7 Å². The first-order valence-electron chi connectivity index (χ1n) is 8.29. The van der Waals surface area contributed by atoms with Gasteiger partial charge in [0.2, 0.25) is 0 Å². The maximum atomic E-state index is 12.7. The summed E-state index contributed by atoms with van der Waals surface area (Å²) in [7, 11) is 0. The van der Waals surface area contributed by atoms with Crippen LogP contribution in [0.4, 0.5) is 11.5 Å². The summed E-state index contributed by atoms with van der Waals surface area (Å²) in [5, 5.41) is 17.7. The van der Waals surface area contributed by atoms with Crippen molar-refractivity contribution in [1.82, 2.24) is 9.78 Å². The van der Waals surface area contributed by atoms with Crippen LogP contribution >= 0.6 is 11.8 Å². The number of rotatable bonds is 6. The van der Waals surface area contributed by atoms with Gasteiger partial charge in [-0.1, -0.05) is 42.1 Å². The van der Waals surface area contributed by atoms with Gasteiger partial charge in [-0.2, -0.15) is 4.68 Å². The summed E-state index contributed by atoms with van der Waals surface area (Å²) in [5.41, 5.74) is 1.24. The third-order valence-corrected chi connectivity index (χ3v) is 5.04. The van der Waals surface area contributed by atoms with Crippen LogP contribution in [0.1, 0.15) is 18.7 Å². The van der Waals surface area contributed by atoms with Crippen LogP contribution in [0.25, 0.3) is 0 Å². The van der Waals surface area contributed by atoms with Crippen LogP contribution in [-0.2, 0) is 4.79 Å². The lowest BCUT2D eigenvalue weighted by Crippen LogP contribution is -2.25. The molecule has 1 heterocycles. The molecule has 1 aromatic heterocycles. The smallest absolute Gasteiger partial charge is 0.358 e. The minimum Gasteiger partial charge on any atom is -0.358 e. The van der Waals surface area contributed by atoms with E-state index in [0.717, 1.165) is 9.79 Å². The van der Waals surface area contributed by atoms with E-state index in [1.807, 2.05) is 54.6 Å². The normalized spacial score (nSPS) is 11.8. The molecule has 7 nitrogen and oxygen atoms in total. The van der Waals surface area contributed by atoms with Gasteiger partial charge in [0.1, 0.15) is 6.04 Å². The Balaban J connectivity index is 1.79. The van der Waals surface area contributed by atoms with Gasteiger partial charge in [0, 0.05) is 9.79 Å². The lowest BCUT2D eigenvalue weighted by Gasteiger charge is -2.14. The summed E-state index contributed by atoms with van der Waals surface area (Å²) in [5.74, 6) is -0.565. The predicted octanol–water partition coefficient (Wildman–Crippen LogP) is 4.45. The summed E-state index contributed by atoms with van der Waals surface area (Å²) in [6.07, 6.45) is 0. The van der Waals surface area contributed by atoms with Crippen molar-refractivity contribution in [2.24, 2.45) is 0 Å². The maximum absolute atomic E-state index is 12.7. The number of anilines is 1. The minimum absolute atomic E-state index is 0.271. The fourth-order valence-corrected chi connectivity index (χ4v) is 3.50. The molecular weight excluding hydrogens is 364 g/mol. The van der Waals surface area contributed by atoms with E-state index < -0.39 is 11.0 Å². The summed E-state index contributed by atoms with van der Waals surface area (Å²) < 4.78 is 1.36. The molecule has 0 bridgehead atoms. The topological polar surface area (TPSA) is 90.1 Å². The number of carbonyl (C=O) groups excluding carboxylic acids is 1. The largest absolute Gasteiger partial charge is 0.390 e. The SMILES string of the molecule is Cc1cc([N+](=O)[O-])nn1C(C)C(=O)Nc1ccccc1Sc1ccccc1. The summed E-state index contributed by atoms with van der Waals surface area (Å²) >= 11 is 1.55. The Morgan fingerprint density at radius 1 is 1.19 bits per heavy atom. The summed E-state index contributed by atoms with van der Waals surface area (Å²) in [6, 6.07) is 18.0. The van der Waals surface area contributed by atoms with E-state index in [4.69, 9.17) is 0 Å². The average Bonchev–Trinajstić information content (AvgIpc) is 3.05. The second-order valence-electron chi connectivity index (χ2n) is 5.92. The maximum Gasteiger partial charge on any atom is 0.390 e. The highest BCUT2D eigenvalue weighted by Gasteiger charge is 2.25. The van der Waals surface area contributed by atoms with Crippen molar-refractivity contribution in [2.75, 3.05) is 5.32 Å². The Labute approximate surface area is 160 Å². The Hall–Kier alpha value is -3.13. The highest BCUT2D eigenvalue weighted by Crippen LogP contribution is 2.33. The lowest BCUT2D eigenvalue weighted by molar-refractivity contribution is -0.389. The number of nitrogens with zero attached hydrogens (tertiary/aromatic N) is 3. The predicted molar refractivity (Wildman–Crippen MR) is 104 cm³/mol. The molecule has 138 valence electrons. The van der Waals surface area contributed by atoms with E-state index in [9.17, 15) is 14.9 Å². The number of benzene rings is 2. The van der Waals surface area contributed by atoms with Crippen molar-refractivity contribution in [1.29, 1.82) is 0 Å². The molecule has 27 heavy (non-hydrogen) atoms. The first-order chi connectivity index (χ1) is 13.0. The van der Waals surface area contributed by atoms with Gasteiger partial charge < -0.3 is 15.4 Å². The molecule has 0 radical (unpaired) electrons. The van der Waals surface area contributed by atoms with Gasteiger partial charge in [0.15, 0.2) is 0 Å². The molecule has 0 aliphatic heterocycles. The Morgan fingerprint density at radius 2 is 1.85 bits per heavy atom. The van der Waals surface area contributed by atoms with Gasteiger partial charge in [0.05, 0.1) is 22.5 Å². The van der Waals surface area contributed by atoms with Crippen LogP contribution in [0.15, 0.2) is 70.5 Å². The van der Waals surface area contributed by atoms with E-state index in [1.54, 1.807) is 25.6 Å². The van der Waals surface area contributed by atoms with Crippen LogP contribution in [0.5, 0.6) is 0 Å². The van der Waals surface area contributed by atoms with E-state index in [1.165, 1.54) is 10.7 Å². The van der Waals surface area contributed by atoms with E-state index >= 15 is 0 Å². The van der Waals surface area contributed by atoms with Gasteiger partial charge in [-0.05, 0) is 43.0 Å². The average molecular weight is 382 g/mol.